The first-order valence-corrected chi connectivity index (χ1v) is 13.1. The van der Waals surface area contributed by atoms with E-state index in [0.717, 1.165) is 51.1 Å². The van der Waals surface area contributed by atoms with Crippen LogP contribution in [0.2, 0.25) is 0 Å². The van der Waals surface area contributed by atoms with Gasteiger partial charge in [-0.25, -0.2) is 8.42 Å². The summed E-state index contributed by atoms with van der Waals surface area (Å²) in [6, 6.07) is 12.2. The maximum Gasteiger partial charge on any atom is 0.211 e. The molecule has 1 aliphatic heterocycles. The molecule has 1 fully saturated rings. The zero-order valence-corrected chi connectivity index (χ0v) is 20.3. The van der Waals surface area contributed by atoms with E-state index in [-0.39, 0.29) is 11.2 Å². The number of fused-ring (bicyclic) bond motifs is 4. The summed E-state index contributed by atoms with van der Waals surface area (Å²) in [5.74, 6) is 0.0658. The molecule has 1 aromatic heterocycles. The molecule has 5 rings (SSSR count). The van der Waals surface area contributed by atoms with E-state index in [0.29, 0.717) is 26.2 Å². The number of anilines is 1. The van der Waals surface area contributed by atoms with Gasteiger partial charge in [0.25, 0.3) is 0 Å². The van der Waals surface area contributed by atoms with Gasteiger partial charge in [-0.2, -0.15) is 4.31 Å². The minimum atomic E-state index is -3.14. The highest BCUT2D eigenvalue weighted by atomic mass is 32.2. The van der Waals surface area contributed by atoms with Crippen LogP contribution >= 0.6 is 0 Å². The molecule has 0 saturated carbocycles. The summed E-state index contributed by atoms with van der Waals surface area (Å²) < 4.78 is 25.1. The van der Waals surface area contributed by atoms with E-state index in [4.69, 9.17) is 0 Å². The minimum Gasteiger partial charge on any atom is -0.388 e. The number of nitrogens with zero attached hydrogens (tertiary/aromatic N) is 2. The molecule has 174 valence electrons. The first-order chi connectivity index (χ1) is 15.6. The van der Waals surface area contributed by atoms with Crippen LogP contribution < -0.4 is 5.32 Å². The van der Waals surface area contributed by atoms with Crippen LogP contribution in [0.5, 0.6) is 0 Å². The lowest BCUT2D eigenvalue weighted by Crippen LogP contribution is -2.47. The number of hydrogen-bond donors (Lipinski definition) is 2. The van der Waals surface area contributed by atoms with Gasteiger partial charge < -0.3 is 10.3 Å². The molecular formula is C25H30N4O3S. The molecule has 7 nitrogen and oxygen atoms in total. The van der Waals surface area contributed by atoms with Crippen LogP contribution in [-0.4, -0.2) is 67.9 Å². The third kappa shape index (κ3) is 3.66. The molecular weight excluding hydrogens is 436 g/mol. The first-order valence-electron chi connectivity index (χ1n) is 11.3. The van der Waals surface area contributed by atoms with E-state index in [1.807, 2.05) is 37.4 Å². The van der Waals surface area contributed by atoms with E-state index in [9.17, 15) is 13.2 Å². The highest BCUT2D eigenvalue weighted by molar-refractivity contribution is 7.88. The molecule has 2 N–H and O–H groups in total. The molecule has 1 aliphatic carbocycles. The van der Waals surface area contributed by atoms with Gasteiger partial charge in [0.1, 0.15) is 0 Å². The summed E-state index contributed by atoms with van der Waals surface area (Å²) in [7, 11) is -1.25. The summed E-state index contributed by atoms with van der Waals surface area (Å²) in [4.78, 5) is 19.4. The third-order valence-electron chi connectivity index (χ3n) is 7.15. The first kappa shape index (κ1) is 22.1. The SMILES string of the molecule is CNc1ccc2c3c([nH]c2c1)C(C)(C)c1cc(CN2CCN(S(C)(=O)=O)CC2)ccc1C3=O. The fourth-order valence-electron chi connectivity index (χ4n) is 5.21. The lowest BCUT2D eigenvalue weighted by molar-refractivity contribution is 0.103. The number of nitrogens with one attached hydrogen (secondary N) is 2. The molecule has 0 amide bonds. The fourth-order valence-corrected chi connectivity index (χ4v) is 6.04. The van der Waals surface area contributed by atoms with Gasteiger partial charge in [-0.15, -0.1) is 0 Å². The van der Waals surface area contributed by atoms with Crippen LogP contribution in [-0.2, 0) is 22.0 Å². The number of carbonyl (C=O) groups excluding carboxylic acids is 1. The Bertz CT molecular complexity index is 1370. The summed E-state index contributed by atoms with van der Waals surface area (Å²) in [5.41, 5.74) is 6.29. The number of benzene rings is 2. The van der Waals surface area contributed by atoms with Crippen molar-refractivity contribution in [2.24, 2.45) is 0 Å². The number of rotatable bonds is 4. The summed E-state index contributed by atoms with van der Waals surface area (Å²) >= 11 is 0. The number of carbonyl (C=O) groups is 1. The van der Waals surface area contributed by atoms with Crippen molar-refractivity contribution in [3.63, 3.8) is 0 Å². The summed E-state index contributed by atoms with van der Waals surface area (Å²) in [6.45, 7) is 7.50. The second-order valence-electron chi connectivity index (χ2n) is 9.66. The number of ketones is 1. The molecule has 2 aliphatic rings. The van der Waals surface area contributed by atoms with Crippen LogP contribution in [0.1, 0.15) is 46.6 Å². The fraction of sp³-hybridized carbons (Fsp3) is 0.400. The largest absolute Gasteiger partial charge is 0.388 e. The average Bonchev–Trinajstić information content (AvgIpc) is 3.17. The second-order valence-corrected chi connectivity index (χ2v) is 11.6. The quantitative estimate of drug-likeness (QED) is 0.617. The third-order valence-corrected chi connectivity index (χ3v) is 8.45. The van der Waals surface area contributed by atoms with Crippen molar-refractivity contribution in [1.82, 2.24) is 14.2 Å². The molecule has 0 radical (unpaired) electrons. The van der Waals surface area contributed by atoms with Crippen LogP contribution in [0, 0.1) is 0 Å². The van der Waals surface area contributed by atoms with Crippen molar-refractivity contribution >= 4 is 32.4 Å². The number of aromatic amines is 1. The van der Waals surface area contributed by atoms with Gasteiger partial charge >= 0.3 is 0 Å². The molecule has 0 bridgehead atoms. The number of aromatic nitrogens is 1. The van der Waals surface area contributed by atoms with Gasteiger partial charge in [-0.1, -0.05) is 38.1 Å². The second kappa shape index (κ2) is 7.68. The topological polar surface area (TPSA) is 85.5 Å². The van der Waals surface area contributed by atoms with Crippen LogP contribution in [0.15, 0.2) is 36.4 Å². The van der Waals surface area contributed by atoms with Gasteiger partial charge in [0.05, 0.1) is 11.8 Å². The van der Waals surface area contributed by atoms with E-state index in [2.05, 4.69) is 35.1 Å². The van der Waals surface area contributed by atoms with Crippen molar-refractivity contribution in [2.45, 2.75) is 25.8 Å². The lowest BCUT2D eigenvalue weighted by Gasteiger charge is -2.35. The zero-order chi connectivity index (χ0) is 23.5. The standard InChI is InChI=1S/C25H30N4O3S/c1-25(2)20-13-16(15-28-9-11-29(12-10-28)33(4,31)32)5-7-18(20)23(30)22-19-8-6-17(26-3)14-21(19)27-24(22)25/h5-8,13-14,26-27H,9-12,15H2,1-4H3. The Morgan fingerprint density at radius 3 is 2.45 bits per heavy atom. The van der Waals surface area contributed by atoms with Crippen LogP contribution in [0.4, 0.5) is 5.69 Å². The smallest absolute Gasteiger partial charge is 0.211 e. The molecule has 0 spiro atoms. The predicted octanol–water partition coefficient (Wildman–Crippen LogP) is 3.16. The average molecular weight is 467 g/mol. The maximum atomic E-state index is 13.5. The maximum absolute atomic E-state index is 13.5. The van der Waals surface area contributed by atoms with Gasteiger partial charge in [0.15, 0.2) is 5.78 Å². The Hall–Kier alpha value is -2.68. The number of H-pyrrole nitrogens is 1. The number of hydrogen-bond acceptors (Lipinski definition) is 5. The monoisotopic (exact) mass is 466 g/mol. The Morgan fingerprint density at radius 1 is 1.06 bits per heavy atom. The number of sulfonamides is 1. The van der Waals surface area contributed by atoms with E-state index in [1.54, 1.807) is 0 Å². The molecule has 0 unspecified atom stereocenters. The Morgan fingerprint density at radius 2 is 1.79 bits per heavy atom. The van der Waals surface area contributed by atoms with Crippen LogP contribution in [0.25, 0.3) is 10.9 Å². The van der Waals surface area contributed by atoms with E-state index >= 15 is 0 Å². The summed E-state index contributed by atoms with van der Waals surface area (Å²) in [5, 5.41) is 4.12. The normalized spacial score (nSPS) is 18.8. The van der Waals surface area contributed by atoms with Crippen LogP contribution in [0.3, 0.4) is 0 Å². The van der Waals surface area contributed by atoms with Gasteiger partial charge in [0, 0.05) is 73.0 Å². The van der Waals surface area contributed by atoms with E-state index < -0.39 is 10.0 Å². The molecule has 8 heteroatoms. The van der Waals surface area contributed by atoms with E-state index in [1.165, 1.54) is 10.6 Å². The lowest BCUT2D eigenvalue weighted by atomic mass is 9.71. The Balaban J connectivity index is 1.46. The summed E-state index contributed by atoms with van der Waals surface area (Å²) in [6.07, 6.45) is 1.27. The van der Waals surface area contributed by atoms with Gasteiger partial charge in [-0.3, -0.25) is 9.69 Å². The van der Waals surface area contributed by atoms with Gasteiger partial charge in [0.2, 0.25) is 10.0 Å². The molecule has 33 heavy (non-hydrogen) atoms. The molecule has 0 atom stereocenters. The van der Waals surface area contributed by atoms with Crippen molar-refractivity contribution in [2.75, 3.05) is 44.8 Å². The van der Waals surface area contributed by atoms with Crippen molar-refractivity contribution in [3.8, 4) is 0 Å². The Kier molecular flexibility index (Phi) is 5.15. The predicted molar refractivity (Wildman–Crippen MR) is 132 cm³/mol. The van der Waals surface area contributed by atoms with Crippen molar-refractivity contribution in [1.29, 1.82) is 0 Å². The Labute approximate surface area is 194 Å². The number of piperazine rings is 1. The van der Waals surface area contributed by atoms with Gasteiger partial charge in [-0.05, 0) is 23.3 Å². The highest BCUT2D eigenvalue weighted by Crippen LogP contribution is 2.44. The van der Waals surface area contributed by atoms with Crippen molar-refractivity contribution < 1.29 is 13.2 Å². The molecule has 2 heterocycles. The van der Waals surface area contributed by atoms with Crippen molar-refractivity contribution in [3.05, 3.63) is 64.3 Å². The molecule has 2 aromatic carbocycles. The molecule has 1 saturated heterocycles. The highest BCUT2D eigenvalue weighted by Gasteiger charge is 2.39. The zero-order valence-electron chi connectivity index (χ0n) is 19.5. The molecule has 3 aromatic rings. The minimum absolute atomic E-state index is 0.0658.